The van der Waals surface area contributed by atoms with Gasteiger partial charge >= 0.3 is 6.01 Å². The second-order valence-corrected chi connectivity index (χ2v) is 4.15. The third kappa shape index (κ3) is 2.80. The van der Waals surface area contributed by atoms with E-state index in [1.165, 1.54) is 0 Å². The summed E-state index contributed by atoms with van der Waals surface area (Å²) in [6.45, 7) is 2.51. The predicted octanol–water partition coefficient (Wildman–Crippen LogP) is 0.780. The van der Waals surface area contributed by atoms with Crippen LogP contribution >= 0.6 is 0 Å². The highest BCUT2D eigenvalue weighted by Crippen LogP contribution is 2.33. The molecule has 1 aromatic heterocycles. The van der Waals surface area contributed by atoms with Crippen LogP contribution in [0, 0.1) is 0 Å². The molecule has 0 amide bonds. The summed E-state index contributed by atoms with van der Waals surface area (Å²) in [6.07, 6.45) is 1.47. The Labute approximate surface area is 106 Å². The minimum Gasteiger partial charge on any atom is -0.383 e. The van der Waals surface area contributed by atoms with E-state index in [-0.39, 0.29) is 0 Å². The molecule has 102 valence electrons. The smallest absolute Gasteiger partial charge is 0.321 e. The van der Waals surface area contributed by atoms with Crippen LogP contribution in [0.25, 0.3) is 0 Å². The Morgan fingerprint density at radius 1 is 1.33 bits per heavy atom. The molecular formula is C11H19N3O4. The summed E-state index contributed by atoms with van der Waals surface area (Å²) in [5, 5.41) is 6.99. The fourth-order valence-electron chi connectivity index (χ4n) is 1.96. The number of aromatic nitrogens is 2. The van der Waals surface area contributed by atoms with Crippen LogP contribution in [-0.2, 0) is 19.8 Å². The molecule has 2 heterocycles. The number of nitrogens with zero attached hydrogens (tertiary/aromatic N) is 2. The largest absolute Gasteiger partial charge is 0.383 e. The maximum absolute atomic E-state index is 5.59. The first-order valence-electron chi connectivity index (χ1n) is 6.00. The lowest BCUT2D eigenvalue weighted by molar-refractivity contribution is -0.101. The molecule has 1 saturated heterocycles. The van der Waals surface area contributed by atoms with Crippen molar-refractivity contribution < 1.29 is 18.7 Å². The van der Waals surface area contributed by atoms with E-state index >= 15 is 0 Å². The van der Waals surface area contributed by atoms with E-state index < -0.39 is 5.60 Å². The van der Waals surface area contributed by atoms with Gasteiger partial charge in [0.15, 0.2) is 0 Å². The summed E-state index contributed by atoms with van der Waals surface area (Å²) in [7, 11) is 3.31. The highest BCUT2D eigenvalue weighted by molar-refractivity contribution is 5.20. The van der Waals surface area contributed by atoms with Crippen LogP contribution in [0.4, 0.5) is 6.01 Å². The Morgan fingerprint density at radius 3 is 2.78 bits per heavy atom. The van der Waals surface area contributed by atoms with Crippen molar-refractivity contribution in [1.29, 1.82) is 0 Å². The highest BCUT2D eigenvalue weighted by atomic mass is 16.5. The van der Waals surface area contributed by atoms with Crippen molar-refractivity contribution in [3.05, 3.63) is 5.82 Å². The Hall–Kier alpha value is -1.18. The maximum Gasteiger partial charge on any atom is 0.321 e. The number of nitrogens with one attached hydrogen (secondary N) is 1. The normalized spacial score (nSPS) is 18.8. The number of hydrogen-bond donors (Lipinski definition) is 1. The molecule has 2 rings (SSSR count). The molecular weight excluding hydrogens is 238 g/mol. The molecule has 0 atom stereocenters. The van der Waals surface area contributed by atoms with Crippen molar-refractivity contribution in [2.24, 2.45) is 0 Å². The number of hydrogen-bond acceptors (Lipinski definition) is 7. The van der Waals surface area contributed by atoms with Gasteiger partial charge in [0.2, 0.25) is 5.82 Å². The van der Waals surface area contributed by atoms with Gasteiger partial charge < -0.3 is 24.1 Å². The Bertz CT molecular complexity index is 363. The van der Waals surface area contributed by atoms with E-state index in [4.69, 9.17) is 18.7 Å². The zero-order valence-electron chi connectivity index (χ0n) is 10.8. The van der Waals surface area contributed by atoms with Crippen LogP contribution in [-0.4, -0.2) is 50.7 Å². The molecule has 7 nitrogen and oxygen atoms in total. The molecule has 0 saturated carbocycles. The van der Waals surface area contributed by atoms with Crippen LogP contribution in [0.3, 0.4) is 0 Å². The van der Waals surface area contributed by atoms with Gasteiger partial charge in [-0.3, -0.25) is 0 Å². The lowest BCUT2D eigenvalue weighted by Gasteiger charge is -2.32. The zero-order valence-corrected chi connectivity index (χ0v) is 10.8. The molecule has 1 fully saturated rings. The summed E-state index contributed by atoms with van der Waals surface area (Å²) in [4.78, 5) is 4.32. The van der Waals surface area contributed by atoms with Gasteiger partial charge in [-0.2, -0.15) is 4.98 Å². The van der Waals surface area contributed by atoms with Gasteiger partial charge in [0.05, 0.1) is 6.61 Å². The van der Waals surface area contributed by atoms with Gasteiger partial charge in [-0.1, -0.05) is 5.16 Å². The molecule has 0 aromatic carbocycles. The maximum atomic E-state index is 5.59. The zero-order chi connectivity index (χ0) is 12.8. The topological polar surface area (TPSA) is 78.6 Å². The molecule has 1 aliphatic rings. The third-order valence-electron chi connectivity index (χ3n) is 3.11. The van der Waals surface area contributed by atoms with E-state index in [9.17, 15) is 0 Å². The lowest BCUT2D eigenvalue weighted by Crippen LogP contribution is -2.36. The number of anilines is 1. The molecule has 0 bridgehead atoms. The molecule has 1 aromatic rings. The standard InChI is InChI=1S/C11H19N3O4/c1-15-8-5-12-10-13-9(14-18-10)11(16-2)3-6-17-7-4-11/h3-8H2,1-2H3,(H,12,13,14). The number of ether oxygens (including phenoxy) is 3. The van der Waals surface area contributed by atoms with Crippen LogP contribution in [0.1, 0.15) is 18.7 Å². The van der Waals surface area contributed by atoms with Gasteiger partial charge in [-0.25, -0.2) is 0 Å². The van der Waals surface area contributed by atoms with Crippen molar-refractivity contribution in [2.75, 3.05) is 45.9 Å². The summed E-state index contributed by atoms with van der Waals surface area (Å²) >= 11 is 0. The molecule has 0 aliphatic carbocycles. The van der Waals surface area contributed by atoms with Gasteiger partial charge in [-0.15, -0.1) is 0 Å². The first kappa shape index (κ1) is 13.3. The van der Waals surface area contributed by atoms with Crippen LogP contribution < -0.4 is 5.32 Å². The van der Waals surface area contributed by atoms with Gasteiger partial charge in [0.1, 0.15) is 5.60 Å². The van der Waals surface area contributed by atoms with E-state index in [0.29, 0.717) is 38.2 Å². The quantitative estimate of drug-likeness (QED) is 0.754. The highest BCUT2D eigenvalue weighted by Gasteiger charge is 2.39. The van der Waals surface area contributed by atoms with Gasteiger partial charge in [-0.05, 0) is 0 Å². The molecule has 1 N–H and O–H groups in total. The van der Waals surface area contributed by atoms with E-state index in [1.807, 2.05) is 0 Å². The SMILES string of the molecule is COCCNc1nc(C2(OC)CCOCC2)no1. The minimum absolute atomic E-state index is 0.393. The minimum atomic E-state index is -0.483. The van der Waals surface area contributed by atoms with Crippen LogP contribution in [0.5, 0.6) is 0 Å². The molecule has 0 spiro atoms. The molecule has 18 heavy (non-hydrogen) atoms. The number of methoxy groups -OCH3 is 2. The van der Waals surface area contributed by atoms with Crippen LogP contribution in [0.15, 0.2) is 4.52 Å². The van der Waals surface area contributed by atoms with Gasteiger partial charge in [0.25, 0.3) is 0 Å². The lowest BCUT2D eigenvalue weighted by atomic mass is 9.93. The monoisotopic (exact) mass is 257 g/mol. The molecule has 1 aliphatic heterocycles. The Balaban J connectivity index is 2.02. The second-order valence-electron chi connectivity index (χ2n) is 4.15. The molecule has 0 unspecified atom stereocenters. The van der Waals surface area contributed by atoms with Crippen molar-refractivity contribution >= 4 is 6.01 Å². The summed E-state index contributed by atoms with van der Waals surface area (Å²) < 4.78 is 21.0. The van der Waals surface area contributed by atoms with E-state index in [2.05, 4.69) is 15.5 Å². The van der Waals surface area contributed by atoms with Crippen LogP contribution in [0.2, 0.25) is 0 Å². The fraction of sp³-hybridized carbons (Fsp3) is 0.818. The van der Waals surface area contributed by atoms with E-state index in [1.54, 1.807) is 14.2 Å². The van der Waals surface area contributed by atoms with Crippen molar-refractivity contribution in [1.82, 2.24) is 10.1 Å². The Morgan fingerprint density at radius 2 is 2.11 bits per heavy atom. The first-order valence-corrected chi connectivity index (χ1v) is 6.00. The van der Waals surface area contributed by atoms with E-state index in [0.717, 1.165) is 12.8 Å². The van der Waals surface area contributed by atoms with Gasteiger partial charge in [0, 0.05) is 46.8 Å². The average Bonchev–Trinajstić information content (AvgIpc) is 2.89. The second kappa shape index (κ2) is 6.12. The molecule has 7 heteroatoms. The predicted molar refractivity (Wildman–Crippen MR) is 63.4 cm³/mol. The summed E-state index contributed by atoms with van der Waals surface area (Å²) in [5.41, 5.74) is -0.483. The fourth-order valence-corrected chi connectivity index (χ4v) is 1.96. The Kier molecular flexibility index (Phi) is 4.51. The average molecular weight is 257 g/mol. The summed E-state index contributed by atoms with van der Waals surface area (Å²) in [5.74, 6) is 0.577. The van der Waals surface area contributed by atoms with Crippen molar-refractivity contribution in [3.63, 3.8) is 0 Å². The third-order valence-corrected chi connectivity index (χ3v) is 3.11. The first-order chi connectivity index (χ1) is 8.80. The van der Waals surface area contributed by atoms with Crippen molar-refractivity contribution in [3.8, 4) is 0 Å². The number of rotatable bonds is 6. The van der Waals surface area contributed by atoms with Crippen molar-refractivity contribution in [2.45, 2.75) is 18.4 Å². The molecule has 0 radical (unpaired) electrons. The summed E-state index contributed by atoms with van der Waals surface area (Å²) in [6, 6.07) is 0.393.